The number of rotatable bonds is 4. The molecule has 0 bridgehead atoms. The van der Waals surface area contributed by atoms with Gasteiger partial charge in [0.2, 0.25) is 18.2 Å². The Hall–Kier alpha value is -3.09. The van der Waals surface area contributed by atoms with Gasteiger partial charge in [0.05, 0.1) is 11.9 Å². The van der Waals surface area contributed by atoms with E-state index in [0.717, 1.165) is 16.8 Å². The number of carbonyl (C=O) groups is 1. The zero-order valence-corrected chi connectivity index (χ0v) is 19.4. The maximum atomic E-state index is 13.4. The second kappa shape index (κ2) is 9.81. The van der Waals surface area contributed by atoms with Gasteiger partial charge in [-0.25, -0.2) is 9.97 Å². The van der Waals surface area contributed by atoms with Crippen molar-refractivity contribution in [2.75, 3.05) is 5.01 Å². The van der Waals surface area contributed by atoms with Crippen molar-refractivity contribution in [2.24, 2.45) is 0 Å². The van der Waals surface area contributed by atoms with E-state index < -0.39 is 0 Å². The molecule has 4 aromatic rings. The molecule has 0 aliphatic heterocycles. The highest BCUT2D eigenvalue weighted by molar-refractivity contribution is 9.10. The van der Waals surface area contributed by atoms with Crippen LogP contribution >= 0.6 is 15.9 Å². The predicted molar refractivity (Wildman–Crippen MR) is 120 cm³/mol. The molecule has 0 unspecified atom stereocenters. The predicted octanol–water partition coefficient (Wildman–Crippen LogP) is 1.92. The van der Waals surface area contributed by atoms with Crippen LogP contribution in [0.25, 0.3) is 11.3 Å². The average molecular weight is 496 g/mol. The summed E-state index contributed by atoms with van der Waals surface area (Å²) in [5, 5.41) is 1.50. The normalized spacial score (nSPS) is 10.3. The van der Waals surface area contributed by atoms with Gasteiger partial charge >= 0.3 is 5.91 Å². The topological polar surface area (TPSA) is 50.0 Å². The van der Waals surface area contributed by atoms with Crippen molar-refractivity contribution in [2.45, 2.75) is 13.8 Å². The van der Waals surface area contributed by atoms with E-state index in [1.54, 1.807) is 23.3 Å². The molecule has 0 aliphatic rings. The molecule has 7 heteroatoms. The second-order valence-corrected chi connectivity index (χ2v) is 7.73. The van der Waals surface area contributed by atoms with Crippen LogP contribution in [0.2, 0.25) is 0 Å². The Morgan fingerprint density at radius 1 is 0.903 bits per heavy atom. The first-order chi connectivity index (χ1) is 14.5. The van der Waals surface area contributed by atoms with Crippen LogP contribution in [0.15, 0.2) is 89.9 Å². The molecule has 1 amide bonds. The molecule has 0 radical (unpaired) electrons. The lowest BCUT2D eigenvalue weighted by atomic mass is 10.1. The van der Waals surface area contributed by atoms with E-state index in [9.17, 15) is 4.79 Å². The van der Waals surface area contributed by atoms with Gasteiger partial charge in [0.1, 0.15) is 0 Å². The van der Waals surface area contributed by atoms with Gasteiger partial charge in [-0.2, -0.15) is 0 Å². The minimum atomic E-state index is -0.204. The van der Waals surface area contributed by atoms with E-state index in [0.29, 0.717) is 16.0 Å². The van der Waals surface area contributed by atoms with Crippen LogP contribution in [-0.2, 0) is 0 Å². The number of aryl methyl sites for hydroxylation is 2. The first kappa shape index (κ1) is 22.6. The molecule has 5 nitrogen and oxygen atoms in total. The number of carbonyl (C=O) groups excluding carboxylic acids is 1. The molecular weight excluding hydrogens is 476 g/mol. The van der Waals surface area contributed by atoms with Gasteiger partial charge in [-0.15, -0.1) is 0 Å². The van der Waals surface area contributed by atoms with Crippen molar-refractivity contribution in [3.05, 3.63) is 107 Å². The molecule has 31 heavy (non-hydrogen) atoms. The summed E-state index contributed by atoms with van der Waals surface area (Å²) >= 11 is 3.53. The van der Waals surface area contributed by atoms with Crippen LogP contribution in [-0.4, -0.2) is 15.9 Å². The number of amides is 1. The summed E-state index contributed by atoms with van der Waals surface area (Å²) in [6.45, 7) is 4.03. The second-order valence-electron chi connectivity index (χ2n) is 6.97. The van der Waals surface area contributed by atoms with Crippen molar-refractivity contribution in [3.8, 4) is 11.3 Å². The highest BCUT2D eigenvalue weighted by Gasteiger charge is 2.30. The van der Waals surface area contributed by atoms with E-state index >= 15 is 0 Å². The van der Waals surface area contributed by atoms with Crippen LogP contribution in [0.1, 0.15) is 21.5 Å². The number of halogens is 2. The molecule has 2 heterocycles. The Labute approximate surface area is 195 Å². The summed E-state index contributed by atoms with van der Waals surface area (Å²) in [7, 11) is 0. The quantitative estimate of drug-likeness (QED) is 0.407. The Bertz CT molecular complexity index is 1180. The fourth-order valence-electron chi connectivity index (χ4n) is 3.02. The molecule has 0 atom stereocenters. The maximum Gasteiger partial charge on any atom is 0.316 e. The summed E-state index contributed by atoms with van der Waals surface area (Å²) in [5.41, 5.74) is 4.52. The minimum Gasteiger partial charge on any atom is -1.00 e. The SMILES string of the molecule is Cc1ccc(C(=O)N(c2ncc(-c3ccc(C)cc3)nc2Br)[n+]2ccccc2)cc1.[Cl-]. The number of hydrogen-bond donors (Lipinski definition) is 0. The van der Waals surface area contributed by atoms with Gasteiger partial charge in [-0.05, 0) is 41.9 Å². The van der Waals surface area contributed by atoms with Crippen molar-refractivity contribution in [1.29, 1.82) is 0 Å². The molecule has 0 saturated heterocycles. The Balaban J connectivity index is 0.00000272. The lowest BCUT2D eigenvalue weighted by molar-refractivity contribution is -0.674. The molecule has 0 fully saturated rings. The summed E-state index contributed by atoms with van der Waals surface area (Å²) < 4.78 is 2.18. The Morgan fingerprint density at radius 3 is 2.06 bits per heavy atom. The number of hydrogen-bond acceptors (Lipinski definition) is 3. The van der Waals surface area contributed by atoms with Crippen LogP contribution < -0.4 is 22.1 Å². The number of aromatic nitrogens is 3. The number of nitrogens with zero attached hydrogens (tertiary/aromatic N) is 4. The van der Waals surface area contributed by atoms with E-state index in [1.165, 1.54) is 10.6 Å². The zero-order chi connectivity index (χ0) is 21.1. The van der Waals surface area contributed by atoms with Crippen LogP contribution in [0.5, 0.6) is 0 Å². The molecule has 0 saturated carbocycles. The lowest BCUT2D eigenvalue weighted by Crippen LogP contribution is -3.00. The van der Waals surface area contributed by atoms with Gasteiger partial charge < -0.3 is 12.4 Å². The van der Waals surface area contributed by atoms with Crippen molar-refractivity contribution in [1.82, 2.24) is 9.97 Å². The Kier molecular flexibility index (Phi) is 7.15. The first-order valence-corrected chi connectivity index (χ1v) is 10.3. The largest absolute Gasteiger partial charge is 1.00 e. The molecule has 156 valence electrons. The summed E-state index contributed by atoms with van der Waals surface area (Å²) in [4.78, 5) is 22.7. The fourth-order valence-corrected chi connectivity index (χ4v) is 3.48. The zero-order valence-electron chi connectivity index (χ0n) is 17.0. The summed E-state index contributed by atoms with van der Waals surface area (Å²) in [5.74, 6) is 0.205. The van der Waals surface area contributed by atoms with E-state index in [-0.39, 0.29) is 18.3 Å². The molecule has 2 aromatic carbocycles. The highest BCUT2D eigenvalue weighted by atomic mass is 79.9. The van der Waals surface area contributed by atoms with Gasteiger partial charge in [0.15, 0.2) is 4.60 Å². The standard InChI is InChI=1S/C24H20BrN4O.ClH/c1-17-6-10-19(11-7-17)21-16-26-23(22(25)27-21)29(28-14-4-3-5-15-28)24(30)20-12-8-18(2)9-13-20;/h3-16H,1-2H3;1H/q+1;/p-1. The molecule has 0 aliphatic carbocycles. The Morgan fingerprint density at radius 2 is 1.48 bits per heavy atom. The van der Waals surface area contributed by atoms with Crippen LogP contribution in [0.3, 0.4) is 0 Å². The number of anilines is 1. The van der Waals surface area contributed by atoms with Crippen molar-refractivity contribution >= 4 is 27.7 Å². The molecule has 2 aromatic heterocycles. The fraction of sp³-hybridized carbons (Fsp3) is 0.0833. The van der Waals surface area contributed by atoms with Crippen molar-refractivity contribution < 1.29 is 21.9 Å². The van der Waals surface area contributed by atoms with Crippen LogP contribution in [0, 0.1) is 13.8 Å². The number of benzene rings is 2. The molecular formula is C24H20BrClN4O. The van der Waals surface area contributed by atoms with Gasteiger partial charge in [-0.1, -0.05) is 63.3 Å². The molecule has 0 N–H and O–H groups in total. The van der Waals surface area contributed by atoms with Gasteiger partial charge in [-0.3, -0.25) is 4.79 Å². The average Bonchev–Trinajstić information content (AvgIpc) is 2.77. The van der Waals surface area contributed by atoms with Crippen molar-refractivity contribution in [3.63, 3.8) is 0 Å². The van der Waals surface area contributed by atoms with E-state index in [4.69, 9.17) is 0 Å². The third-order valence-electron chi connectivity index (χ3n) is 4.68. The van der Waals surface area contributed by atoms with Gasteiger partial charge in [0.25, 0.3) is 0 Å². The molecule has 0 spiro atoms. The monoisotopic (exact) mass is 494 g/mol. The third-order valence-corrected chi connectivity index (χ3v) is 5.21. The third kappa shape index (κ3) is 4.98. The van der Waals surface area contributed by atoms with Crippen LogP contribution in [0.4, 0.5) is 5.82 Å². The first-order valence-electron chi connectivity index (χ1n) is 9.50. The minimum absolute atomic E-state index is 0. The molecule has 4 rings (SSSR count). The smallest absolute Gasteiger partial charge is 0.316 e. The maximum absolute atomic E-state index is 13.4. The van der Waals surface area contributed by atoms with Gasteiger partial charge in [0, 0.05) is 23.3 Å². The summed E-state index contributed by atoms with van der Waals surface area (Å²) in [6.07, 6.45) is 5.28. The summed E-state index contributed by atoms with van der Waals surface area (Å²) in [6, 6.07) is 21.2. The highest BCUT2D eigenvalue weighted by Crippen LogP contribution is 2.26. The van der Waals surface area contributed by atoms with E-state index in [2.05, 4.69) is 25.9 Å². The lowest BCUT2D eigenvalue weighted by Gasteiger charge is -2.16. The number of pyridine rings is 1. The van der Waals surface area contributed by atoms with E-state index in [1.807, 2.05) is 80.6 Å².